The van der Waals surface area contributed by atoms with Gasteiger partial charge in [-0.25, -0.2) is 4.79 Å². The van der Waals surface area contributed by atoms with E-state index in [-0.39, 0.29) is 18.0 Å². The van der Waals surface area contributed by atoms with E-state index in [1.165, 1.54) is 4.57 Å². The Morgan fingerprint density at radius 2 is 1.68 bits per heavy atom. The molecular formula is C22H30N6O3. The molecule has 2 N–H and O–H groups in total. The number of piperidine rings is 2. The molecule has 9 heteroatoms. The molecule has 9 nitrogen and oxygen atoms in total. The molecule has 31 heavy (non-hydrogen) atoms. The van der Waals surface area contributed by atoms with Crippen molar-refractivity contribution < 1.29 is 9.59 Å². The van der Waals surface area contributed by atoms with Crippen molar-refractivity contribution in [2.45, 2.75) is 37.8 Å². The summed E-state index contributed by atoms with van der Waals surface area (Å²) in [5, 5.41) is 5.78. The van der Waals surface area contributed by atoms with E-state index in [0.29, 0.717) is 12.5 Å². The molecule has 4 heterocycles. The average Bonchev–Trinajstić information content (AvgIpc) is 3.04. The Bertz CT molecular complexity index is 1060. The third-order valence-electron chi connectivity index (χ3n) is 7.09. The summed E-state index contributed by atoms with van der Waals surface area (Å²) in [5.74, 6) is -0.675. The normalized spacial score (nSPS) is 24.0. The van der Waals surface area contributed by atoms with Crippen LogP contribution in [0, 0.1) is 0 Å². The van der Waals surface area contributed by atoms with Gasteiger partial charge >= 0.3 is 5.69 Å². The third kappa shape index (κ3) is 3.65. The molecule has 5 rings (SSSR count). The van der Waals surface area contributed by atoms with Crippen LogP contribution in [-0.2, 0) is 16.6 Å². The average molecular weight is 427 g/mol. The van der Waals surface area contributed by atoms with Gasteiger partial charge in [-0.15, -0.1) is 0 Å². The van der Waals surface area contributed by atoms with Crippen LogP contribution in [0.2, 0.25) is 0 Å². The second-order valence-electron chi connectivity index (χ2n) is 8.86. The number of anilines is 1. The molecule has 166 valence electrons. The zero-order valence-electron chi connectivity index (χ0n) is 18.0. The fourth-order valence-electron chi connectivity index (χ4n) is 5.31. The molecule has 3 fully saturated rings. The molecule has 3 aliphatic rings. The van der Waals surface area contributed by atoms with Crippen LogP contribution < -0.4 is 21.2 Å². The van der Waals surface area contributed by atoms with Crippen molar-refractivity contribution in [3.63, 3.8) is 0 Å². The number of amides is 2. The first kappa shape index (κ1) is 20.3. The van der Waals surface area contributed by atoms with Crippen LogP contribution in [-0.4, -0.2) is 71.2 Å². The lowest BCUT2D eigenvalue weighted by molar-refractivity contribution is -0.135. The summed E-state index contributed by atoms with van der Waals surface area (Å²) >= 11 is 0. The van der Waals surface area contributed by atoms with Gasteiger partial charge in [0, 0.05) is 64.5 Å². The van der Waals surface area contributed by atoms with Gasteiger partial charge in [0.05, 0.1) is 11.0 Å². The standard InChI is InChI=1S/C22H30N6O3/c1-25-19-14-16(26-10-6-15(7-11-26)27-12-8-23-9-13-27)2-3-17(19)28(22(25)31)18-4-5-20(29)24-21(18)30/h2-3,14-15,18,23H,4-13H2,1H3,(H,24,29,30). The number of piperazine rings is 1. The summed E-state index contributed by atoms with van der Waals surface area (Å²) in [4.78, 5) is 41.8. The second-order valence-corrected chi connectivity index (χ2v) is 8.86. The molecule has 0 saturated carbocycles. The molecule has 1 aromatic heterocycles. The van der Waals surface area contributed by atoms with Gasteiger partial charge in [-0.05, 0) is 37.5 Å². The molecule has 2 aromatic rings. The summed E-state index contributed by atoms with van der Waals surface area (Å²) in [6, 6.07) is 6.06. The molecular weight excluding hydrogens is 396 g/mol. The van der Waals surface area contributed by atoms with Gasteiger partial charge in [0.2, 0.25) is 11.8 Å². The number of carbonyl (C=O) groups excluding carboxylic acids is 2. The van der Waals surface area contributed by atoms with E-state index in [0.717, 1.165) is 68.8 Å². The molecule has 0 radical (unpaired) electrons. The van der Waals surface area contributed by atoms with E-state index in [4.69, 9.17) is 0 Å². The van der Waals surface area contributed by atoms with Crippen molar-refractivity contribution in [3.05, 3.63) is 28.7 Å². The van der Waals surface area contributed by atoms with E-state index in [2.05, 4.69) is 32.6 Å². The predicted octanol–water partition coefficient (Wildman–Crippen LogP) is 0.192. The minimum absolute atomic E-state index is 0.223. The number of carbonyl (C=O) groups is 2. The van der Waals surface area contributed by atoms with Crippen molar-refractivity contribution in [2.24, 2.45) is 7.05 Å². The van der Waals surface area contributed by atoms with Crippen molar-refractivity contribution in [2.75, 3.05) is 44.2 Å². The fraction of sp³-hybridized carbons (Fsp3) is 0.591. The van der Waals surface area contributed by atoms with Crippen molar-refractivity contribution in [1.82, 2.24) is 24.7 Å². The first-order valence-electron chi connectivity index (χ1n) is 11.3. The van der Waals surface area contributed by atoms with Crippen molar-refractivity contribution >= 4 is 28.5 Å². The van der Waals surface area contributed by atoms with Gasteiger partial charge in [0.1, 0.15) is 6.04 Å². The number of rotatable bonds is 3. The predicted molar refractivity (Wildman–Crippen MR) is 118 cm³/mol. The van der Waals surface area contributed by atoms with E-state index in [1.54, 1.807) is 11.6 Å². The van der Waals surface area contributed by atoms with Gasteiger partial charge in [0.15, 0.2) is 0 Å². The number of nitrogens with zero attached hydrogens (tertiary/aromatic N) is 4. The number of imide groups is 1. The maximum Gasteiger partial charge on any atom is 0.329 e. The minimum atomic E-state index is -0.644. The first-order chi connectivity index (χ1) is 15.0. The first-order valence-corrected chi connectivity index (χ1v) is 11.3. The summed E-state index contributed by atoms with van der Waals surface area (Å²) in [6.45, 7) is 6.42. The summed E-state index contributed by atoms with van der Waals surface area (Å²) in [7, 11) is 1.74. The van der Waals surface area contributed by atoms with Gasteiger partial charge < -0.3 is 10.2 Å². The molecule has 3 aliphatic heterocycles. The maximum atomic E-state index is 13.0. The van der Waals surface area contributed by atoms with Crippen LogP contribution in [0.3, 0.4) is 0 Å². The molecule has 1 atom stereocenters. The van der Waals surface area contributed by atoms with Crippen LogP contribution in [0.1, 0.15) is 31.7 Å². The highest BCUT2D eigenvalue weighted by atomic mass is 16.2. The minimum Gasteiger partial charge on any atom is -0.371 e. The van der Waals surface area contributed by atoms with Crippen LogP contribution in [0.15, 0.2) is 23.0 Å². The maximum absolute atomic E-state index is 13.0. The fourth-order valence-corrected chi connectivity index (χ4v) is 5.31. The second kappa shape index (κ2) is 8.12. The number of benzene rings is 1. The number of hydrogen-bond acceptors (Lipinski definition) is 6. The Morgan fingerprint density at radius 1 is 0.935 bits per heavy atom. The Labute approximate surface area is 181 Å². The van der Waals surface area contributed by atoms with Crippen molar-refractivity contribution in [1.29, 1.82) is 0 Å². The topological polar surface area (TPSA) is 91.6 Å². The lowest BCUT2D eigenvalue weighted by Crippen LogP contribution is -2.52. The van der Waals surface area contributed by atoms with Gasteiger partial charge in [-0.3, -0.25) is 28.9 Å². The van der Waals surface area contributed by atoms with E-state index in [1.807, 2.05) is 6.07 Å². The summed E-state index contributed by atoms with van der Waals surface area (Å²) < 4.78 is 3.15. The number of aryl methyl sites for hydroxylation is 1. The smallest absolute Gasteiger partial charge is 0.329 e. The third-order valence-corrected chi connectivity index (χ3v) is 7.09. The Hall–Kier alpha value is -2.65. The van der Waals surface area contributed by atoms with Crippen LogP contribution in [0.25, 0.3) is 11.0 Å². The molecule has 1 unspecified atom stereocenters. The Balaban J connectivity index is 1.37. The van der Waals surface area contributed by atoms with E-state index < -0.39 is 11.9 Å². The van der Waals surface area contributed by atoms with E-state index >= 15 is 0 Å². The summed E-state index contributed by atoms with van der Waals surface area (Å²) in [6.07, 6.45) is 2.90. The zero-order valence-corrected chi connectivity index (χ0v) is 18.0. The molecule has 3 saturated heterocycles. The highest BCUT2D eigenvalue weighted by molar-refractivity contribution is 6.00. The zero-order chi connectivity index (χ0) is 21.5. The number of imidazole rings is 1. The Kier molecular flexibility index (Phi) is 5.31. The van der Waals surface area contributed by atoms with Gasteiger partial charge in [0.25, 0.3) is 0 Å². The van der Waals surface area contributed by atoms with Crippen LogP contribution in [0.5, 0.6) is 0 Å². The SMILES string of the molecule is Cn1c(=O)n(C2CCC(=O)NC2=O)c2ccc(N3CCC(N4CCNCC4)CC3)cc21. The van der Waals surface area contributed by atoms with Gasteiger partial charge in [-0.2, -0.15) is 0 Å². The van der Waals surface area contributed by atoms with E-state index in [9.17, 15) is 14.4 Å². The monoisotopic (exact) mass is 426 g/mol. The number of fused-ring (bicyclic) bond motifs is 1. The van der Waals surface area contributed by atoms with Crippen LogP contribution >= 0.6 is 0 Å². The largest absolute Gasteiger partial charge is 0.371 e. The lowest BCUT2D eigenvalue weighted by Gasteiger charge is -2.41. The number of hydrogen-bond donors (Lipinski definition) is 2. The highest BCUT2D eigenvalue weighted by Gasteiger charge is 2.31. The Morgan fingerprint density at radius 3 is 2.39 bits per heavy atom. The molecule has 0 aliphatic carbocycles. The van der Waals surface area contributed by atoms with Gasteiger partial charge in [-0.1, -0.05) is 0 Å². The number of nitrogens with one attached hydrogen (secondary N) is 2. The number of aromatic nitrogens is 2. The molecule has 0 spiro atoms. The lowest BCUT2D eigenvalue weighted by atomic mass is 10.0. The molecule has 2 amide bonds. The van der Waals surface area contributed by atoms with Crippen LogP contribution in [0.4, 0.5) is 5.69 Å². The quantitative estimate of drug-likeness (QED) is 0.681. The molecule has 0 bridgehead atoms. The van der Waals surface area contributed by atoms with Crippen molar-refractivity contribution in [3.8, 4) is 0 Å². The summed E-state index contributed by atoms with van der Waals surface area (Å²) in [5.41, 5.74) is 2.44. The molecule has 1 aromatic carbocycles. The highest BCUT2D eigenvalue weighted by Crippen LogP contribution is 2.28.